The summed E-state index contributed by atoms with van der Waals surface area (Å²) >= 11 is 1.48. The van der Waals surface area contributed by atoms with Crippen molar-refractivity contribution >= 4 is 29.5 Å². The molecule has 2 aromatic rings. The van der Waals surface area contributed by atoms with Crippen molar-refractivity contribution in [3.8, 4) is 0 Å². The van der Waals surface area contributed by atoms with Crippen LogP contribution in [0, 0.1) is 6.92 Å². The van der Waals surface area contributed by atoms with Gasteiger partial charge in [0.15, 0.2) is 10.8 Å². The second-order valence-corrected chi connectivity index (χ2v) is 6.11. The number of aromatic nitrogens is 4. The van der Waals surface area contributed by atoms with Crippen LogP contribution in [-0.4, -0.2) is 67.6 Å². The molecule has 9 heteroatoms. The Morgan fingerprint density at radius 2 is 2.18 bits per heavy atom. The fourth-order valence-corrected chi connectivity index (χ4v) is 3.03. The lowest BCUT2D eigenvalue weighted by molar-refractivity contribution is 0.136. The zero-order valence-corrected chi connectivity index (χ0v) is 13.5. The van der Waals surface area contributed by atoms with Crippen molar-refractivity contribution in [3.05, 3.63) is 11.8 Å². The second-order valence-electron chi connectivity index (χ2n) is 5.34. The lowest BCUT2D eigenvalue weighted by Gasteiger charge is -2.39. The van der Waals surface area contributed by atoms with Gasteiger partial charge in [0.25, 0.3) is 0 Å². The summed E-state index contributed by atoms with van der Waals surface area (Å²) in [5.74, 6) is 0.722. The summed E-state index contributed by atoms with van der Waals surface area (Å²) in [5, 5.41) is 14.3. The standard InChI is InChI=1S/C13H18N6O2S/c1-8-6-10-14-11(22-3)15-12(19(10)16-8)18-5-4-17(13(20)21)7-9(18)2/h6,9H,4-5,7H2,1-3H3,(H,20,21)/t9-/m0/s1. The molecule has 1 amide bonds. The van der Waals surface area contributed by atoms with Gasteiger partial charge in [0.2, 0.25) is 5.95 Å². The average molecular weight is 322 g/mol. The fourth-order valence-electron chi connectivity index (χ4n) is 2.67. The smallest absolute Gasteiger partial charge is 0.407 e. The first kappa shape index (κ1) is 14.9. The number of hydrogen-bond acceptors (Lipinski definition) is 6. The number of piperazine rings is 1. The Kier molecular flexibility index (Phi) is 3.81. The molecule has 1 atom stereocenters. The van der Waals surface area contributed by atoms with E-state index in [0.29, 0.717) is 24.8 Å². The molecule has 0 unspecified atom stereocenters. The minimum absolute atomic E-state index is 0.0298. The number of aryl methyl sites for hydroxylation is 1. The van der Waals surface area contributed by atoms with E-state index in [1.54, 1.807) is 4.52 Å². The van der Waals surface area contributed by atoms with E-state index in [9.17, 15) is 4.79 Å². The Labute approximate surface area is 132 Å². The minimum Gasteiger partial charge on any atom is -0.465 e. The van der Waals surface area contributed by atoms with Gasteiger partial charge in [-0.15, -0.1) is 0 Å². The van der Waals surface area contributed by atoms with Crippen molar-refractivity contribution in [2.24, 2.45) is 0 Å². The number of nitrogens with zero attached hydrogens (tertiary/aromatic N) is 6. The average Bonchev–Trinajstić information content (AvgIpc) is 2.86. The number of thioether (sulfide) groups is 1. The largest absolute Gasteiger partial charge is 0.465 e. The molecular formula is C13H18N6O2S. The highest BCUT2D eigenvalue weighted by Crippen LogP contribution is 2.22. The maximum atomic E-state index is 11.1. The van der Waals surface area contributed by atoms with Gasteiger partial charge < -0.3 is 14.9 Å². The van der Waals surface area contributed by atoms with Crippen molar-refractivity contribution in [2.45, 2.75) is 25.0 Å². The molecule has 118 valence electrons. The van der Waals surface area contributed by atoms with Crippen LogP contribution in [0.3, 0.4) is 0 Å². The molecule has 0 spiro atoms. The van der Waals surface area contributed by atoms with Gasteiger partial charge in [-0.05, 0) is 20.1 Å². The van der Waals surface area contributed by atoms with Crippen LogP contribution in [0.25, 0.3) is 5.65 Å². The number of rotatable bonds is 2. The summed E-state index contributed by atoms with van der Waals surface area (Å²) in [6.07, 6.45) is 1.06. The van der Waals surface area contributed by atoms with Crippen molar-refractivity contribution in [3.63, 3.8) is 0 Å². The van der Waals surface area contributed by atoms with Gasteiger partial charge in [-0.2, -0.15) is 14.6 Å². The van der Waals surface area contributed by atoms with Gasteiger partial charge in [-0.1, -0.05) is 11.8 Å². The highest BCUT2D eigenvalue weighted by Gasteiger charge is 2.29. The van der Waals surface area contributed by atoms with Gasteiger partial charge in [0.1, 0.15) is 0 Å². The Morgan fingerprint density at radius 1 is 1.41 bits per heavy atom. The third kappa shape index (κ3) is 2.56. The van der Waals surface area contributed by atoms with Crippen LogP contribution in [0.2, 0.25) is 0 Å². The van der Waals surface area contributed by atoms with E-state index in [1.807, 2.05) is 26.2 Å². The highest BCUT2D eigenvalue weighted by atomic mass is 32.2. The van der Waals surface area contributed by atoms with Crippen LogP contribution >= 0.6 is 11.8 Å². The van der Waals surface area contributed by atoms with Gasteiger partial charge in [0.05, 0.1) is 5.69 Å². The van der Waals surface area contributed by atoms with Crippen LogP contribution in [0.15, 0.2) is 11.2 Å². The fraction of sp³-hybridized carbons (Fsp3) is 0.538. The Hall–Kier alpha value is -2.03. The zero-order chi connectivity index (χ0) is 15.9. The van der Waals surface area contributed by atoms with E-state index >= 15 is 0 Å². The quantitative estimate of drug-likeness (QED) is 0.835. The first-order valence-electron chi connectivity index (χ1n) is 7.02. The monoisotopic (exact) mass is 322 g/mol. The lowest BCUT2D eigenvalue weighted by Crippen LogP contribution is -2.54. The topological polar surface area (TPSA) is 86.9 Å². The molecule has 1 fully saturated rings. The molecule has 0 aliphatic carbocycles. The number of carboxylic acid groups (broad SMARTS) is 1. The number of carbonyl (C=O) groups is 1. The summed E-state index contributed by atoms with van der Waals surface area (Å²) < 4.78 is 1.74. The SMILES string of the molecule is CSc1nc(N2CCN(C(=O)O)C[C@@H]2C)n2nc(C)cc2n1. The molecular weight excluding hydrogens is 304 g/mol. The third-order valence-electron chi connectivity index (χ3n) is 3.75. The first-order valence-corrected chi connectivity index (χ1v) is 8.25. The van der Waals surface area contributed by atoms with Crippen LogP contribution in [0.5, 0.6) is 0 Å². The molecule has 0 aromatic carbocycles. The maximum absolute atomic E-state index is 11.1. The highest BCUT2D eigenvalue weighted by molar-refractivity contribution is 7.98. The van der Waals surface area contributed by atoms with E-state index in [-0.39, 0.29) is 6.04 Å². The first-order chi connectivity index (χ1) is 10.5. The third-order valence-corrected chi connectivity index (χ3v) is 4.29. The van der Waals surface area contributed by atoms with Crippen LogP contribution in [0.1, 0.15) is 12.6 Å². The van der Waals surface area contributed by atoms with Crippen LogP contribution in [-0.2, 0) is 0 Å². The van der Waals surface area contributed by atoms with Crippen LogP contribution in [0.4, 0.5) is 10.7 Å². The van der Waals surface area contributed by atoms with Gasteiger partial charge in [-0.3, -0.25) is 0 Å². The van der Waals surface area contributed by atoms with Crippen molar-refractivity contribution in [1.29, 1.82) is 0 Å². The maximum Gasteiger partial charge on any atom is 0.407 e. The molecule has 0 saturated carbocycles. The molecule has 0 bridgehead atoms. The molecule has 1 N–H and O–H groups in total. The van der Waals surface area contributed by atoms with Gasteiger partial charge in [-0.25, -0.2) is 9.78 Å². The van der Waals surface area contributed by atoms with Crippen LogP contribution < -0.4 is 4.90 Å². The van der Waals surface area contributed by atoms with Crippen molar-refractivity contribution in [1.82, 2.24) is 24.5 Å². The number of fused-ring (bicyclic) bond motifs is 1. The zero-order valence-electron chi connectivity index (χ0n) is 12.7. The van der Waals surface area contributed by atoms with E-state index in [2.05, 4.69) is 20.0 Å². The molecule has 1 aliphatic rings. The summed E-state index contributed by atoms with van der Waals surface area (Å²) in [7, 11) is 0. The van der Waals surface area contributed by atoms with Crippen molar-refractivity contribution < 1.29 is 9.90 Å². The minimum atomic E-state index is -0.876. The molecule has 1 aliphatic heterocycles. The molecule has 3 heterocycles. The van der Waals surface area contributed by atoms with Gasteiger partial charge >= 0.3 is 6.09 Å². The number of amides is 1. The van der Waals surface area contributed by atoms with E-state index in [0.717, 1.165) is 17.3 Å². The number of anilines is 1. The Bertz CT molecular complexity index is 718. The molecule has 1 saturated heterocycles. The molecule has 3 rings (SSSR count). The summed E-state index contributed by atoms with van der Waals surface area (Å²) in [4.78, 5) is 23.7. The lowest BCUT2D eigenvalue weighted by atomic mass is 10.2. The van der Waals surface area contributed by atoms with E-state index < -0.39 is 6.09 Å². The van der Waals surface area contributed by atoms with E-state index in [1.165, 1.54) is 16.7 Å². The predicted molar refractivity (Wildman–Crippen MR) is 83.7 cm³/mol. The second kappa shape index (κ2) is 5.64. The molecule has 22 heavy (non-hydrogen) atoms. The van der Waals surface area contributed by atoms with E-state index in [4.69, 9.17) is 5.11 Å². The molecule has 8 nitrogen and oxygen atoms in total. The summed E-state index contributed by atoms with van der Waals surface area (Å²) in [6, 6.07) is 1.95. The Morgan fingerprint density at radius 3 is 2.82 bits per heavy atom. The summed E-state index contributed by atoms with van der Waals surface area (Å²) in [5.41, 5.74) is 1.64. The predicted octanol–water partition coefficient (Wildman–Crippen LogP) is 1.34. The molecule has 0 radical (unpaired) electrons. The molecule has 2 aromatic heterocycles. The van der Waals surface area contributed by atoms with Gasteiger partial charge in [0, 0.05) is 31.7 Å². The number of hydrogen-bond donors (Lipinski definition) is 1. The Balaban J connectivity index is 2.00. The summed E-state index contributed by atoms with van der Waals surface area (Å²) in [6.45, 7) is 5.42. The normalized spacial score (nSPS) is 19.0. The van der Waals surface area contributed by atoms with Crippen molar-refractivity contribution in [2.75, 3.05) is 30.8 Å².